The third-order valence-corrected chi connectivity index (χ3v) is 10.6. The lowest BCUT2D eigenvalue weighted by atomic mass is 9.84. The number of nitrogens with one attached hydrogen (secondary N) is 2. The second-order valence-corrected chi connectivity index (χ2v) is 14.5. The molecule has 0 radical (unpaired) electrons. The van der Waals surface area contributed by atoms with E-state index in [1.165, 1.54) is 0 Å². The third-order valence-electron chi connectivity index (χ3n) is 10.3. The van der Waals surface area contributed by atoms with E-state index in [1.807, 2.05) is 103 Å². The molecule has 0 spiro atoms. The molecule has 5 aromatic carbocycles. The molecule has 274 valence electrons. The first kappa shape index (κ1) is 36.8. The topological polar surface area (TPSA) is 103 Å². The number of amides is 2. The van der Waals surface area contributed by atoms with Crippen LogP contribution in [0.4, 0.5) is 4.79 Å². The minimum atomic E-state index is -0.875. The van der Waals surface area contributed by atoms with Crippen LogP contribution in [-0.4, -0.2) is 46.9 Å². The van der Waals surface area contributed by atoms with Crippen molar-refractivity contribution < 1.29 is 24.5 Å². The van der Waals surface area contributed by atoms with Gasteiger partial charge in [0.2, 0.25) is 0 Å². The van der Waals surface area contributed by atoms with Crippen LogP contribution >= 0.6 is 11.6 Å². The van der Waals surface area contributed by atoms with Crippen LogP contribution in [0.1, 0.15) is 65.0 Å². The highest BCUT2D eigenvalue weighted by molar-refractivity contribution is 6.30. The number of nitrogens with zero attached hydrogens (tertiary/aromatic N) is 1. The summed E-state index contributed by atoms with van der Waals surface area (Å²) in [7, 11) is 0. The van der Waals surface area contributed by atoms with Crippen molar-refractivity contribution in [2.24, 2.45) is 0 Å². The summed E-state index contributed by atoms with van der Waals surface area (Å²) in [6, 6.07) is 41.5. The largest absolute Gasteiger partial charge is 0.392 e. The molecule has 2 heterocycles. The number of urea groups is 1. The fraction of sp³-hybridized carbons (Fsp3) is 0.295. The number of aliphatic hydroxyl groups is 2. The van der Waals surface area contributed by atoms with Crippen molar-refractivity contribution in [3.63, 3.8) is 0 Å². The summed E-state index contributed by atoms with van der Waals surface area (Å²) >= 11 is 6.11. The summed E-state index contributed by atoms with van der Waals surface area (Å²) < 4.78 is 13.4. The summed E-state index contributed by atoms with van der Waals surface area (Å²) in [5, 5.41) is 27.6. The highest BCUT2D eigenvalue weighted by Crippen LogP contribution is 2.40. The van der Waals surface area contributed by atoms with Crippen LogP contribution in [0.15, 0.2) is 127 Å². The Balaban J connectivity index is 1.03. The molecule has 53 heavy (non-hydrogen) atoms. The Bertz CT molecular complexity index is 1950. The first-order valence-electron chi connectivity index (χ1n) is 18.3. The molecule has 4 N–H and O–H groups in total. The number of piperidine rings is 1. The molecule has 2 aliphatic heterocycles. The molecule has 2 amide bonds. The van der Waals surface area contributed by atoms with Gasteiger partial charge in [0, 0.05) is 49.7 Å². The molecule has 9 heteroatoms. The molecule has 0 aliphatic carbocycles. The van der Waals surface area contributed by atoms with Gasteiger partial charge < -0.3 is 35.2 Å². The number of carbonyl (C=O) groups excluding carboxylic acids is 1. The van der Waals surface area contributed by atoms with E-state index in [4.69, 9.17) is 21.1 Å². The van der Waals surface area contributed by atoms with E-state index in [0.717, 1.165) is 64.1 Å². The maximum atomic E-state index is 12.5. The van der Waals surface area contributed by atoms with Crippen LogP contribution < -0.4 is 10.6 Å². The van der Waals surface area contributed by atoms with E-state index >= 15 is 0 Å². The number of likely N-dealkylation sites (tertiary alicyclic amines) is 1. The Morgan fingerprint density at radius 2 is 1.40 bits per heavy atom. The Hall–Kier alpha value is -4.54. The highest BCUT2D eigenvalue weighted by atomic mass is 35.5. The third kappa shape index (κ3) is 9.53. The van der Waals surface area contributed by atoms with Gasteiger partial charge in [0.05, 0.1) is 24.4 Å². The lowest BCUT2D eigenvalue weighted by molar-refractivity contribution is -0.253. The van der Waals surface area contributed by atoms with Gasteiger partial charge in [-0.2, -0.15) is 0 Å². The Kier molecular flexibility index (Phi) is 11.9. The minimum absolute atomic E-state index is 0.0109. The molecule has 0 aromatic heterocycles. The minimum Gasteiger partial charge on any atom is -0.392 e. The molecule has 5 aromatic rings. The molecular formula is C44H46ClN3O5. The Labute approximate surface area is 316 Å². The zero-order valence-electron chi connectivity index (χ0n) is 29.7. The summed E-state index contributed by atoms with van der Waals surface area (Å²) in [6.07, 6.45) is 1.04. The van der Waals surface area contributed by atoms with E-state index in [2.05, 4.69) is 39.8 Å². The summed E-state index contributed by atoms with van der Waals surface area (Å²) in [5.74, 6) is 0. The van der Waals surface area contributed by atoms with Crippen molar-refractivity contribution in [2.45, 2.75) is 63.1 Å². The van der Waals surface area contributed by atoms with Gasteiger partial charge in [-0.25, -0.2) is 4.79 Å². The van der Waals surface area contributed by atoms with E-state index in [1.54, 1.807) is 0 Å². The van der Waals surface area contributed by atoms with Crippen molar-refractivity contribution >= 4 is 17.6 Å². The summed E-state index contributed by atoms with van der Waals surface area (Å²) in [4.78, 5) is 14.9. The van der Waals surface area contributed by atoms with Gasteiger partial charge in [0.25, 0.3) is 0 Å². The lowest BCUT2D eigenvalue weighted by Crippen LogP contribution is -2.46. The monoisotopic (exact) mass is 731 g/mol. The first-order valence-corrected chi connectivity index (χ1v) is 18.7. The molecule has 0 bridgehead atoms. The standard InChI is InChI=1S/C44H46ClN3O5/c45-39-18-16-38(17-19-39)44(51)20-22-48(23-21-44)29-40-26-41(34-14-12-32(30-49)13-15-34)53-42(52-40)37-11-5-10-36(25-37)35-9-4-8-33(24-35)28-47-43(50)46-27-31-6-2-1-3-7-31/h1-19,24-25,40-42,49,51H,20-23,26-30H2,(H2,46,47,50). The molecule has 8 nitrogen and oxygen atoms in total. The summed E-state index contributed by atoms with van der Waals surface area (Å²) in [6.45, 7) is 3.06. The SMILES string of the molecule is O=C(NCc1ccccc1)NCc1cccc(-c2cccc(C3OC(CN4CCC(O)(c5ccc(Cl)cc5)CC4)CC(c4ccc(CO)cc4)O3)c2)c1. The fourth-order valence-corrected chi connectivity index (χ4v) is 7.35. The maximum Gasteiger partial charge on any atom is 0.315 e. The fourth-order valence-electron chi connectivity index (χ4n) is 7.22. The molecule has 0 saturated carbocycles. The van der Waals surface area contributed by atoms with E-state index in [-0.39, 0.29) is 24.8 Å². The quantitative estimate of drug-likeness (QED) is 0.110. The zero-order chi connectivity index (χ0) is 36.6. The molecular weight excluding hydrogens is 686 g/mol. The highest BCUT2D eigenvalue weighted by Gasteiger charge is 2.37. The number of ether oxygens (including phenoxy) is 2. The Morgan fingerprint density at radius 3 is 2.11 bits per heavy atom. The average Bonchev–Trinajstić information content (AvgIpc) is 3.21. The van der Waals surface area contributed by atoms with Crippen LogP contribution in [0.5, 0.6) is 0 Å². The molecule has 3 atom stereocenters. The van der Waals surface area contributed by atoms with Crippen molar-refractivity contribution in [3.05, 3.63) is 166 Å². The number of carbonyl (C=O) groups is 1. The van der Waals surface area contributed by atoms with Gasteiger partial charge in [-0.15, -0.1) is 0 Å². The summed E-state index contributed by atoms with van der Waals surface area (Å²) in [5.41, 5.74) is 6.93. The van der Waals surface area contributed by atoms with Crippen LogP contribution in [-0.2, 0) is 34.8 Å². The molecule has 2 aliphatic rings. The van der Waals surface area contributed by atoms with Crippen molar-refractivity contribution in [1.29, 1.82) is 0 Å². The molecule has 3 unspecified atom stereocenters. The Morgan fingerprint density at radius 1 is 0.736 bits per heavy atom. The van der Waals surface area contributed by atoms with Gasteiger partial charge in [-0.05, 0) is 76.1 Å². The van der Waals surface area contributed by atoms with Gasteiger partial charge in [-0.3, -0.25) is 0 Å². The number of aliphatic hydroxyl groups excluding tert-OH is 1. The van der Waals surface area contributed by atoms with Crippen LogP contribution in [0.25, 0.3) is 11.1 Å². The van der Waals surface area contributed by atoms with Gasteiger partial charge >= 0.3 is 6.03 Å². The number of hydrogen-bond acceptors (Lipinski definition) is 6. The second kappa shape index (κ2) is 17.1. The predicted molar refractivity (Wildman–Crippen MR) is 207 cm³/mol. The van der Waals surface area contributed by atoms with Gasteiger partial charge in [-0.1, -0.05) is 115 Å². The van der Waals surface area contributed by atoms with E-state index in [0.29, 0.717) is 37.4 Å². The number of hydrogen-bond donors (Lipinski definition) is 4. The molecule has 2 fully saturated rings. The van der Waals surface area contributed by atoms with E-state index < -0.39 is 11.9 Å². The van der Waals surface area contributed by atoms with Crippen molar-refractivity contribution in [3.8, 4) is 11.1 Å². The second-order valence-electron chi connectivity index (χ2n) is 14.0. The van der Waals surface area contributed by atoms with Crippen LogP contribution in [0.2, 0.25) is 5.02 Å². The van der Waals surface area contributed by atoms with Crippen LogP contribution in [0.3, 0.4) is 0 Å². The smallest absolute Gasteiger partial charge is 0.315 e. The van der Waals surface area contributed by atoms with Gasteiger partial charge in [0.1, 0.15) is 0 Å². The normalized spacial score (nSPS) is 20.1. The zero-order valence-corrected chi connectivity index (χ0v) is 30.4. The van der Waals surface area contributed by atoms with Crippen molar-refractivity contribution in [2.75, 3.05) is 19.6 Å². The molecule has 2 saturated heterocycles. The average molecular weight is 732 g/mol. The van der Waals surface area contributed by atoms with Crippen LogP contribution in [0, 0.1) is 0 Å². The number of halogens is 1. The van der Waals surface area contributed by atoms with E-state index in [9.17, 15) is 15.0 Å². The maximum absolute atomic E-state index is 12.5. The number of rotatable bonds is 11. The van der Waals surface area contributed by atoms with Crippen molar-refractivity contribution in [1.82, 2.24) is 15.5 Å². The van der Waals surface area contributed by atoms with Gasteiger partial charge in [0.15, 0.2) is 6.29 Å². The predicted octanol–water partition coefficient (Wildman–Crippen LogP) is 8.03. The molecule has 7 rings (SSSR count). The lowest BCUT2D eigenvalue weighted by Gasteiger charge is -2.42. The number of benzene rings is 5. The first-order chi connectivity index (χ1) is 25.8.